The zero-order chi connectivity index (χ0) is 21.0. The number of piperidine rings is 1. The summed E-state index contributed by atoms with van der Waals surface area (Å²) in [6.07, 6.45) is 7.85. The van der Waals surface area contributed by atoms with E-state index in [0.29, 0.717) is 31.6 Å². The fraction of sp³-hybridized carbons (Fsp3) is 0.571. The molecule has 0 atom stereocenters. The molecular weight excluding hydrogens is 402 g/mol. The first-order valence-electron chi connectivity index (χ1n) is 10.8. The third kappa shape index (κ3) is 4.57. The molecule has 8 nitrogen and oxygen atoms in total. The molecule has 2 aliphatic heterocycles. The molecule has 0 radical (unpaired) electrons. The lowest BCUT2D eigenvalue weighted by Crippen LogP contribution is -2.35. The number of hydrogen-bond donors (Lipinski definition) is 1. The molecule has 162 valence electrons. The minimum Gasteiger partial charge on any atom is -0.352 e. The molecule has 9 heteroatoms. The molecule has 0 saturated carbocycles. The molecule has 1 fully saturated rings. The molecule has 1 N–H and O–H groups in total. The van der Waals surface area contributed by atoms with Crippen molar-refractivity contribution in [2.45, 2.75) is 62.8 Å². The molecule has 0 spiro atoms. The number of benzene rings is 1. The van der Waals surface area contributed by atoms with Gasteiger partial charge < -0.3 is 9.88 Å². The van der Waals surface area contributed by atoms with Gasteiger partial charge in [-0.1, -0.05) is 18.9 Å². The largest absolute Gasteiger partial charge is 0.352 e. The summed E-state index contributed by atoms with van der Waals surface area (Å²) in [5.41, 5.74) is 0.355. The Morgan fingerprint density at radius 1 is 1.00 bits per heavy atom. The summed E-state index contributed by atoms with van der Waals surface area (Å²) in [4.78, 5) is 12.8. The van der Waals surface area contributed by atoms with Gasteiger partial charge in [-0.05, 0) is 43.9 Å². The number of nitrogens with one attached hydrogen (secondary N) is 1. The van der Waals surface area contributed by atoms with Crippen LogP contribution in [0.15, 0.2) is 29.2 Å². The second-order valence-electron chi connectivity index (χ2n) is 7.99. The number of amides is 1. The minimum absolute atomic E-state index is 0.180. The quantitative estimate of drug-likeness (QED) is 0.756. The SMILES string of the molecule is O=C(NCCc1nnc2n1CCCCC2)c1cccc(S(=O)(=O)N2CCCCC2)c1. The maximum Gasteiger partial charge on any atom is 0.251 e. The van der Waals surface area contributed by atoms with Crippen molar-refractivity contribution >= 4 is 15.9 Å². The van der Waals surface area contributed by atoms with Crippen LogP contribution in [-0.4, -0.2) is 53.0 Å². The molecule has 1 aromatic heterocycles. The minimum atomic E-state index is -3.56. The number of carbonyl (C=O) groups excluding carboxylic acids is 1. The number of rotatable bonds is 6. The van der Waals surface area contributed by atoms with Gasteiger partial charge in [-0.2, -0.15) is 4.31 Å². The number of carbonyl (C=O) groups is 1. The summed E-state index contributed by atoms with van der Waals surface area (Å²) in [6.45, 7) is 2.45. The van der Waals surface area contributed by atoms with Crippen LogP contribution in [0.4, 0.5) is 0 Å². The number of nitrogens with zero attached hydrogens (tertiary/aromatic N) is 4. The number of sulfonamides is 1. The Morgan fingerprint density at radius 3 is 2.60 bits per heavy atom. The normalized spacial score (nSPS) is 17.9. The molecule has 30 heavy (non-hydrogen) atoms. The Balaban J connectivity index is 1.38. The van der Waals surface area contributed by atoms with E-state index in [-0.39, 0.29) is 10.8 Å². The highest BCUT2D eigenvalue weighted by molar-refractivity contribution is 7.89. The number of hydrogen-bond acceptors (Lipinski definition) is 5. The molecule has 2 aromatic rings. The van der Waals surface area contributed by atoms with Crippen molar-refractivity contribution in [2.24, 2.45) is 0 Å². The van der Waals surface area contributed by atoms with Crippen molar-refractivity contribution in [1.29, 1.82) is 0 Å². The first kappa shape index (κ1) is 21.0. The fourth-order valence-corrected chi connectivity index (χ4v) is 5.74. The summed E-state index contributed by atoms with van der Waals surface area (Å²) in [5.74, 6) is 1.65. The van der Waals surface area contributed by atoms with Gasteiger partial charge in [0.1, 0.15) is 11.6 Å². The van der Waals surface area contributed by atoms with Gasteiger partial charge in [0, 0.05) is 44.6 Å². The Hall–Kier alpha value is -2.26. The van der Waals surface area contributed by atoms with E-state index < -0.39 is 10.0 Å². The van der Waals surface area contributed by atoms with E-state index in [9.17, 15) is 13.2 Å². The van der Waals surface area contributed by atoms with Gasteiger partial charge in [-0.3, -0.25) is 4.79 Å². The van der Waals surface area contributed by atoms with Crippen molar-refractivity contribution in [3.63, 3.8) is 0 Å². The van der Waals surface area contributed by atoms with Crippen molar-refractivity contribution < 1.29 is 13.2 Å². The molecule has 1 saturated heterocycles. The Labute approximate surface area is 177 Å². The Kier molecular flexibility index (Phi) is 6.48. The van der Waals surface area contributed by atoms with Crippen molar-refractivity contribution in [3.8, 4) is 0 Å². The first-order chi connectivity index (χ1) is 14.6. The molecule has 0 unspecified atom stereocenters. The van der Waals surface area contributed by atoms with Gasteiger partial charge >= 0.3 is 0 Å². The van der Waals surface area contributed by atoms with Crippen LogP contribution in [0.3, 0.4) is 0 Å². The average Bonchev–Trinajstić information content (AvgIpc) is 3.00. The lowest BCUT2D eigenvalue weighted by Gasteiger charge is -2.26. The predicted molar refractivity (Wildman–Crippen MR) is 113 cm³/mol. The van der Waals surface area contributed by atoms with E-state index in [4.69, 9.17) is 0 Å². The maximum absolute atomic E-state index is 12.9. The average molecular weight is 432 g/mol. The molecule has 0 aliphatic carbocycles. The third-order valence-corrected chi connectivity index (χ3v) is 7.76. The molecule has 4 rings (SSSR count). The zero-order valence-corrected chi connectivity index (χ0v) is 18.0. The predicted octanol–water partition coefficient (Wildman–Crippen LogP) is 2.15. The maximum atomic E-state index is 12.9. The van der Waals surface area contributed by atoms with E-state index in [1.54, 1.807) is 18.2 Å². The standard InChI is InChI=1S/C21H29N5O3S/c27-21(22-12-11-20-24-23-19-10-3-1-6-15-26(19)20)17-8-7-9-18(16-17)30(28,29)25-13-4-2-5-14-25/h7-9,16H,1-6,10-15H2,(H,22,27). The zero-order valence-electron chi connectivity index (χ0n) is 17.2. The summed E-state index contributed by atoms with van der Waals surface area (Å²) in [6, 6.07) is 6.31. The lowest BCUT2D eigenvalue weighted by atomic mass is 10.2. The van der Waals surface area contributed by atoms with Crippen LogP contribution < -0.4 is 5.32 Å². The Bertz CT molecular complexity index is 996. The number of aromatic nitrogens is 3. The van der Waals surface area contributed by atoms with Gasteiger partial charge in [0.15, 0.2) is 0 Å². The molecular formula is C21H29N5O3S. The topological polar surface area (TPSA) is 97.2 Å². The summed E-state index contributed by atoms with van der Waals surface area (Å²) in [5, 5.41) is 11.5. The molecule has 2 aliphatic rings. The van der Waals surface area contributed by atoms with Crippen molar-refractivity contribution in [3.05, 3.63) is 41.5 Å². The van der Waals surface area contributed by atoms with Crippen LogP contribution >= 0.6 is 0 Å². The monoisotopic (exact) mass is 431 g/mol. The molecule has 1 amide bonds. The second-order valence-corrected chi connectivity index (χ2v) is 9.93. The van der Waals surface area contributed by atoms with E-state index in [1.165, 1.54) is 16.8 Å². The number of fused-ring (bicyclic) bond motifs is 1. The highest BCUT2D eigenvalue weighted by Crippen LogP contribution is 2.21. The summed E-state index contributed by atoms with van der Waals surface area (Å²) in [7, 11) is -3.56. The van der Waals surface area contributed by atoms with Gasteiger partial charge in [0.05, 0.1) is 4.90 Å². The number of aryl methyl sites for hydroxylation is 1. The smallest absolute Gasteiger partial charge is 0.251 e. The van der Waals surface area contributed by atoms with E-state index in [2.05, 4.69) is 20.1 Å². The highest BCUT2D eigenvalue weighted by atomic mass is 32.2. The Morgan fingerprint density at radius 2 is 1.77 bits per heavy atom. The van der Waals surface area contributed by atoms with Crippen LogP contribution in [-0.2, 0) is 29.4 Å². The van der Waals surface area contributed by atoms with Crippen LogP contribution in [0.5, 0.6) is 0 Å². The van der Waals surface area contributed by atoms with Crippen LogP contribution in [0.25, 0.3) is 0 Å². The van der Waals surface area contributed by atoms with Crippen LogP contribution in [0.2, 0.25) is 0 Å². The van der Waals surface area contributed by atoms with Gasteiger partial charge in [-0.25, -0.2) is 8.42 Å². The van der Waals surface area contributed by atoms with Crippen molar-refractivity contribution in [2.75, 3.05) is 19.6 Å². The van der Waals surface area contributed by atoms with E-state index in [1.807, 2.05) is 0 Å². The van der Waals surface area contributed by atoms with Crippen molar-refractivity contribution in [1.82, 2.24) is 24.4 Å². The van der Waals surface area contributed by atoms with Crippen LogP contribution in [0.1, 0.15) is 60.5 Å². The lowest BCUT2D eigenvalue weighted by molar-refractivity contribution is 0.0953. The fourth-order valence-electron chi connectivity index (χ4n) is 4.17. The summed E-state index contributed by atoms with van der Waals surface area (Å²) >= 11 is 0. The highest BCUT2D eigenvalue weighted by Gasteiger charge is 2.26. The molecule has 3 heterocycles. The van der Waals surface area contributed by atoms with Gasteiger partial charge in [0.25, 0.3) is 5.91 Å². The third-order valence-electron chi connectivity index (χ3n) is 5.87. The van der Waals surface area contributed by atoms with Crippen LogP contribution in [0, 0.1) is 0 Å². The van der Waals surface area contributed by atoms with Gasteiger partial charge in [0.2, 0.25) is 10.0 Å². The summed E-state index contributed by atoms with van der Waals surface area (Å²) < 4.78 is 29.4. The van der Waals surface area contributed by atoms with Gasteiger partial charge in [-0.15, -0.1) is 10.2 Å². The first-order valence-corrected chi connectivity index (χ1v) is 12.3. The van der Waals surface area contributed by atoms with E-state index in [0.717, 1.165) is 56.7 Å². The molecule has 1 aromatic carbocycles. The molecule has 0 bridgehead atoms. The van der Waals surface area contributed by atoms with E-state index >= 15 is 0 Å². The second kappa shape index (κ2) is 9.26.